The molecule has 0 unspecified atom stereocenters. The number of thiocarbonyl (C=S) groups is 3. The molecule has 0 saturated heterocycles. The van der Waals surface area contributed by atoms with Crippen molar-refractivity contribution >= 4 is 51.8 Å². The van der Waals surface area contributed by atoms with E-state index >= 15 is 0 Å². The highest BCUT2D eigenvalue weighted by atomic mass is 32.1. The molecule has 4 heteroatoms. The van der Waals surface area contributed by atoms with Gasteiger partial charge in [0.2, 0.25) is 0 Å². The van der Waals surface area contributed by atoms with Gasteiger partial charge in [-0.25, -0.2) is 0 Å². The molecule has 0 aromatic rings. The van der Waals surface area contributed by atoms with Crippen molar-refractivity contribution in [3.8, 4) is 0 Å². The van der Waals surface area contributed by atoms with Crippen molar-refractivity contribution < 1.29 is 5.11 Å². The quantitative estimate of drug-likeness (QED) is 0.654. The predicted octanol–water partition coefficient (Wildman–Crippen LogP) is 2.11. The number of hydrogen-bond acceptors (Lipinski definition) is 4. The maximum atomic E-state index is 9.20. The third-order valence-corrected chi connectivity index (χ3v) is 2.40. The highest BCUT2D eigenvalue weighted by molar-refractivity contribution is 7.90. The Balaban J connectivity index is 3.19. The van der Waals surface area contributed by atoms with E-state index in [4.69, 9.17) is 24.4 Å². The Labute approximate surface area is 80.4 Å². The number of aliphatic hydroxyl groups is 1. The van der Waals surface area contributed by atoms with Gasteiger partial charge in [0.15, 0.2) is 0 Å². The first-order valence-electron chi connectivity index (χ1n) is 2.82. The van der Waals surface area contributed by atoms with Crippen LogP contribution in [0.15, 0.2) is 23.5 Å². The molecule has 56 valence electrons. The van der Waals surface area contributed by atoms with Crippen molar-refractivity contribution in [2.24, 2.45) is 0 Å². The monoisotopic (exact) mass is 200 g/mol. The van der Waals surface area contributed by atoms with Crippen LogP contribution >= 0.6 is 36.7 Å². The van der Waals surface area contributed by atoms with E-state index in [9.17, 15) is 5.11 Å². The van der Waals surface area contributed by atoms with Crippen LogP contribution in [-0.4, -0.2) is 20.2 Å². The molecule has 0 saturated carbocycles. The zero-order valence-corrected chi connectivity index (χ0v) is 7.85. The van der Waals surface area contributed by atoms with Crippen molar-refractivity contribution in [2.75, 3.05) is 0 Å². The summed E-state index contributed by atoms with van der Waals surface area (Å²) in [6.45, 7) is 0. The predicted molar refractivity (Wildman–Crippen MR) is 57.6 cm³/mol. The molecule has 0 bridgehead atoms. The van der Waals surface area contributed by atoms with Gasteiger partial charge in [0.1, 0.15) is 5.76 Å². The van der Waals surface area contributed by atoms with Gasteiger partial charge in [-0.3, -0.25) is 0 Å². The standard InChI is InChI=1S/C7H4OS3/c8-5-1-2-6(10)7(11)4(5)3-9/h1-3,8H. The molecule has 1 nitrogen and oxygen atoms in total. The van der Waals surface area contributed by atoms with Gasteiger partial charge >= 0.3 is 0 Å². The molecule has 0 fully saturated rings. The molecular formula is C7H4OS3. The minimum Gasteiger partial charge on any atom is -0.507 e. The molecule has 1 N–H and O–H groups in total. The molecule has 0 heterocycles. The van der Waals surface area contributed by atoms with Crippen LogP contribution < -0.4 is 0 Å². The topological polar surface area (TPSA) is 20.2 Å². The van der Waals surface area contributed by atoms with Crippen LogP contribution in [0.5, 0.6) is 0 Å². The Kier molecular flexibility index (Phi) is 2.59. The normalized spacial score (nSPS) is 17.5. The summed E-state index contributed by atoms with van der Waals surface area (Å²) in [5, 5.41) is 10.5. The van der Waals surface area contributed by atoms with Gasteiger partial charge in [0.25, 0.3) is 0 Å². The summed E-state index contributed by atoms with van der Waals surface area (Å²) in [6.07, 6.45) is 3.09. The van der Waals surface area contributed by atoms with Crippen molar-refractivity contribution in [2.45, 2.75) is 0 Å². The van der Waals surface area contributed by atoms with Crippen LogP contribution in [0.25, 0.3) is 0 Å². The van der Waals surface area contributed by atoms with E-state index in [1.165, 1.54) is 11.4 Å². The fraction of sp³-hybridized carbons (Fsp3) is 0. The maximum Gasteiger partial charge on any atom is 0.125 e. The first-order chi connectivity index (χ1) is 5.16. The maximum absolute atomic E-state index is 9.20. The molecule has 11 heavy (non-hydrogen) atoms. The molecule has 1 rings (SSSR count). The Morgan fingerprint density at radius 2 is 1.91 bits per heavy atom. The average Bonchev–Trinajstić information content (AvgIpc) is 1.99. The molecule has 0 spiro atoms. The van der Waals surface area contributed by atoms with Crippen LogP contribution in [0.3, 0.4) is 0 Å². The minimum atomic E-state index is 0.0959. The number of allylic oxidation sites excluding steroid dienone is 3. The van der Waals surface area contributed by atoms with Gasteiger partial charge in [-0.05, 0) is 12.2 Å². The molecule has 1 aliphatic carbocycles. The Morgan fingerprint density at radius 3 is 2.36 bits per heavy atom. The van der Waals surface area contributed by atoms with Gasteiger partial charge in [0.05, 0.1) is 9.73 Å². The number of aliphatic hydroxyl groups excluding tert-OH is 1. The fourth-order valence-electron chi connectivity index (χ4n) is 0.683. The number of hydrogen-bond donors (Lipinski definition) is 1. The van der Waals surface area contributed by atoms with E-state index in [0.717, 1.165) is 0 Å². The summed E-state index contributed by atoms with van der Waals surface area (Å²) in [7, 11) is 0. The summed E-state index contributed by atoms with van der Waals surface area (Å²) in [5.41, 5.74) is 0.475. The largest absolute Gasteiger partial charge is 0.507 e. The third kappa shape index (κ3) is 1.58. The number of rotatable bonds is 1. The highest BCUT2D eigenvalue weighted by Gasteiger charge is 2.14. The van der Waals surface area contributed by atoms with Crippen LogP contribution in [0.2, 0.25) is 0 Å². The van der Waals surface area contributed by atoms with Crippen LogP contribution in [0, 0.1) is 0 Å². The first-order valence-corrected chi connectivity index (χ1v) is 4.10. The second-order valence-corrected chi connectivity index (χ2v) is 3.03. The van der Waals surface area contributed by atoms with E-state index in [2.05, 4.69) is 12.2 Å². The first kappa shape index (κ1) is 8.64. The average molecular weight is 200 g/mol. The van der Waals surface area contributed by atoms with Crippen molar-refractivity contribution in [1.82, 2.24) is 0 Å². The summed E-state index contributed by atoms with van der Waals surface area (Å²) in [4.78, 5) is 1.00. The molecular weight excluding hydrogens is 196 g/mol. The van der Waals surface area contributed by atoms with Crippen LogP contribution in [0.1, 0.15) is 0 Å². The van der Waals surface area contributed by atoms with E-state index in [-0.39, 0.29) is 5.76 Å². The lowest BCUT2D eigenvalue weighted by atomic mass is 10.1. The zero-order chi connectivity index (χ0) is 8.43. The van der Waals surface area contributed by atoms with Crippen molar-refractivity contribution in [3.63, 3.8) is 0 Å². The minimum absolute atomic E-state index is 0.0959. The lowest BCUT2D eigenvalue weighted by Crippen LogP contribution is -2.15. The highest BCUT2D eigenvalue weighted by Crippen LogP contribution is 2.12. The Morgan fingerprint density at radius 1 is 1.27 bits per heavy atom. The van der Waals surface area contributed by atoms with Crippen molar-refractivity contribution in [1.29, 1.82) is 0 Å². The Hall–Kier alpha value is -0.450. The summed E-state index contributed by atoms with van der Waals surface area (Å²) >= 11 is 14.5. The van der Waals surface area contributed by atoms with Gasteiger partial charge in [0, 0.05) is 10.9 Å². The molecule has 0 atom stereocenters. The SMILES string of the molecule is OC1=C(C=S)C(=S)C(=S)C=C1. The second kappa shape index (κ2) is 3.30. The molecule has 0 aliphatic heterocycles. The fourth-order valence-corrected chi connectivity index (χ4v) is 1.41. The van der Waals surface area contributed by atoms with Gasteiger partial charge in [-0.2, -0.15) is 0 Å². The molecule has 0 aromatic heterocycles. The smallest absolute Gasteiger partial charge is 0.125 e. The van der Waals surface area contributed by atoms with Crippen LogP contribution in [-0.2, 0) is 0 Å². The van der Waals surface area contributed by atoms with E-state index < -0.39 is 0 Å². The molecule has 0 aromatic carbocycles. The lowest BCUT2D eigenvalue weighted by Gasteiger charge is -2.08. The van der Waals surface area contributed by atoms with Gasteiger partial charge in [-0.1, -0.05) is 36.7 Å². The van der Waals surface area contributed by atoms with E-state index in [1.807, 2.05) is 0 Å². The summed E-state index contributed by atoms with van der Waals surface area (Å²) in [6, 6.07) is 0. The third-order valence-electron chi connectivity index (χ3n) is 1.25. The molecule has 1 aliphatic rings. The van der Waals surface area contributed by atoms with Gasteiger partial charge in [-0.15, -0.1) is 0 Å². The zero-order valence-electron chi connectivity index (χ0n) is 5.40. The van der Waals surface area contributed by atoms with E-state index in [1.54, 1.807) is 6.08 Å². The molecule has 0 amide bonds. The second-order valence-electron chi connectivity index (χ2n) is 1.94. The van der Waals surface area contributed by atoms with E-state index in [0.29, 0.717) is 15.3 Å². The van der Waals surface area contributed by atoms with Crippen molar-refractivity contribution in [3.05, 3.63) is 23.5 Å². The lowest BCUT2D eigenvalue weighted by molar-refractivity contribution is 0.431. The Bertz CT molecular complexity index is 299. The summed E-state index contributed by atoms with van der Waals surface area (Å²) < 4.78 is 0. The van der Waals surface area contributed by atoms with Crippen LogP contribution in [0.4, 0.5) is 0 Å². The summed E-state index contributed by atoms with van der Waals surface area (Å²) in [5.74, 6) is 0.0959. The molecule has 0 radical (unpaired) electrons. The van der Waals surface area contributed by atoms with Gasteiger partial charge < -0.3 is 5.11 Å².